The first-order valence-corrected chi connectivity index (χ1v) is 6.94. The van der Waals surface area contributed by atoms with E-state index < -0.39 is 5.97 Å². The minimum absolute atomic E-state index is 0.00967. The van der Waals surface area contributed by atoms with Crippen molar-refractivity contribution in [1.82, 2.24) is 4.90 Å². The van der Waals surface area contributed by atoms with Crippen LogP contribution in [0.15, 0.2) is 0 Å². The van der Waals surface area contributed by atoms with E-state index >= 15 is 0 Å². The molecular weight excluding hydrogens is 230 g/mol. The molecule has 1 aliphatic heterocycles. The molecule has 0 bridgehead atoms. The highest BCUT2D eigenvalue weighted by molar-refractivity contribution is 5.66. The number of carboxylic acid groups (broad SMARTS) is 1. The van der Waals surface area contributed by atoms with E-state index in [1.165, 1.54) is 0 Å². The molecule has 4 nitrogen and oxygen atoms in total. The van der Waals surface area contributed by atoms with Gasteiger partial charge in [0.25, 0.3) is 0 Å². The highest BCUT2D eigenvalue weighted by atomic mass is 16.5. The molecule has 1 N–H and O–H groups in total. The normalized spacial score (nSPS) is 25.4. The molecular formula is C14H27NO3. The van der Waals surface area contributed by atoms with Crippen LogP contribution in [0.4, 0.5) is 0 Å². The fourth-order valence-corrected chi connectivity index (χ4v) is 2.71. The first-order chi connectivity index (χ1) is 8.34. The van der Waals surface area contributed by atoms with Crippen LogP contribution in [0.2, 0.25) is 0 Å². The number of aliphatic carboxylic acids is 1. The molecule has 1 heterocycles. The molecule has 0 saturated carbocycles. The van der Waals surface area contributed by atoms with Gasteiger partial charge in [-0.25, -0.2) is 0 Å². The van der Waals surface area contributed by atoms with Gasteiger partial charge in [0.1, 0.15) is 0 Å². The number of ether oxygens (including phenoxy) is 1. The highest BCUT2D eigenvalue weighted by Gasteiger charge is 2.32. The maximum atomic E-state index is 10.8. The Morgan fingerprint density at radius 1 is 1.44 bits per heavy atom. The molecule has 0 aromatic heterocycles. The molecule has 0 aromatic rings. The summed E-state index contributed by atoms with van der Waals surface area (Å²) in [7, 11) is 0. The highest BCUT2D eigenvalue weighted by Crippen LogP contribution is 2.27. The van der Waals surface area contributed by atoms with E-state index in [0.717, 1.165) is 25.9 Å². The van der Waals surface area contributed by atoms with Gasteiger partial charge in [-0.15, -0.1) is 0 Å². The molecule has 0 aromatic carbocycles. The van der Waals surface area contributed by atoms with Crippen molar-refractivity contribution in [2.24, 2.45) is 0 Å². The van der Waals surface area contributed by atoms with E-state index in [4.69, 9.17) is 9.84 Å². The standard InChI is InChI=1S/C14H27NO3/c1-5-12-10-11(7-9-18-12)15(14(2,3)4)8-6-13(16)17/h11-12H,5-10H2,1-4H3,(H,16,17). The average Bonchev–Trinajstić information content (AvgIpc) is 2.27. The van der Waals surface area contributed by atoms with E-state index in [2.05, 4.69) is 32.6 Å². The van der Waals surface area contributed by atoms with Crippen LogP contribution in [0.5, 0.6) is 0 Å². The Balaban J connectivity index is 2.66. The number of carboxylic acids is 1. The van der Waals surface area contributed by atoms with Crippen molar-refractivity contribution in [3.05, 3.63) is 0 Å². The molecule has 0 aliphatic carbocycles. The molecule has 18 heavy (non-hydrogen) atoms. The van der Waals surface area contributed by atoms with Gasteiger partial charge in [0.05, 0.1) is 12.5 Å². The summed E-state index contributed by atoms with van der Waals surface area (Å²) in [4.78, 5) is 13.1. The predicted molar refractivity (Wildman–Crippen MR) is 71.8 cm³/mol. The van der Waals surface area contributed by atoms with Crippen molar-refractivity contribution < 1.29 is 14.6 Å². The summed E-state index contributed by atoms with van der Waals surface area (Å²) in [5, 5.41) is 8.87. The third-order valence-corrected chi connectivity index (χ3v) is 3.66. The van der Waals surface area contributed by atoms with E-state index in [1.54, 1.807) is 0 Å². The van der Waals surface area contributed by atoms with E-state index in [-0.39, 0.29) is 12.0 Å². The third kappa shape index (κ3) is 4.58. The SMILES string of the molecule is CCC1CC(N(CCC(=O)O)C(C)(C)C)CCO1. The number of rotatable bonds is 5. The Labute approximate surface area is 110 Å². The second-order valence-corrected chi connectivity index (χ2v) is 6.09. The summed E-state index contributed by atoms with van der Waals surface area (Å²) in [5.41, 5.74) is 0.00967. The molecule has 0 spiro atoms. The fourth-order valence-electron chi connectivity index (χ4n) is 2.71. The largest absolute Gasteiger partial charge is 0.481 e. The molecule has 106 valence electrons. The molecule has 0 radical (unpaired) electrons. The third-order valence-electron chi connectivity index (χ3n) is 3.66. The number of carbonyl (C=O) groups is 1. The van der Waals surface area contributed by atoms with Crippen LogP contribution >= 0.6 is 0 Å². The number of hydrogen-bond acceptors (Lipinski definition) is 3. The van der Waals surface area contributed by atoms with Crippen molar-refractivity contribution in [3.63, 3.8) is 0 Å². The predicted octanol–water partition coefficient (Wildman–Crippen LogP) is 2.52. The Hall–Kier alpha value is -0.610. The fraction of sp³-hybridized carbons (Fsp3) is 0.929. The summed E-state index contributed by atoms with van der Waals surface area (Å²) in [6.07, 6.45) is 3.61. The van der Waals surface area contributed by atoms with Crippen molar-refractivity contribution in [3.8, 4) is 0 Å². The lowest BCUT2D eigenvalue weighted by Crippen LogP contribution is -2.52. The molecule has 0 amide bonds. The Bertz CT molecular complexity index is 273. The average molecular weight is 257 g/mol. The first kappa shape index (κ1) is 15.4. The quantitative estimate of drug-likeness (QED) is 0.822. The molecule has 4 heteroatoms. The summed E-state index contributed by atoms with van der Waals surface area (Å²) < 4.78 is 5.70. The monoisotopic (exact) mass is 257 g/mol. The van der Waals surface area contributed by atoms with Crippen molar-refractivity contribution in [2.45, 2.75) is 71.1 Å². The van der Waals surface area contributed by atoms with Gasteiger partial charge in [0.2, 0.25) is 0 Å². The molecule has 1 saturated heterocycles. The van der Waals surface area contributed by atoms with Gasteiger partial charge in [-0.2, -0.15) is 0 Å². The van der Waals surface area contributed by atoms with E-state index in [9.17, 15) is 4.79 Å². The van der Waals surface area contributed by atoms with Gasteiger partial charge in [-0.1, -0.05) is 6.92 Å². The van der Waals surface area contributed by atoms with Gasteiger partial charge in [-0.05, 0) is 40.0 Å². The topological polar surface area (TPSA) is 49.8 Å². The maximum absolute atomic E-state index is 10.8. The Kier molecular flexibility index (Phi) is 5.60. The zero-order valence-electron chi connectivity index (χ0n) is 12.1. The van der Waals surface area contributed by atoms with Crippen LogP contribution in [0, 0.1) is 0 Å². The summed E-state index contributed by atoms with van der Waals surface area (Å²) >= 11 is 0. The smallest absolute Gasteiger partial charge is 0.304 e. The second kappa shape index (κ2) is 6.53. The minimum Gasteiger partial charge on any atom is -0.481 e. The van der Waals surface area contributed by atoms with Crippen LogP contribution in [0.3, 0.4) is 0 Å². The van der Waals surface area contributed by atoms with Gasteiger partial charge in [0, 0.05) is 24.7 Å². The lowest BCUT2D eigenvalue weighted by Gasteiger charge is -2.44. The van der Waals surface area contributed by atoms with Gasteiger partial charge in [-0.3, -0.25) is 9.69 Å². The van der Waals surface area contributed by atoms with Gasteiger partial charge < -0.3 is 9.84 Å². The molecule has 1 fully saturated rings. The summed E-state index contributed by atoms with van der Waals surface area (Å²) in [5.74, 6) is -0.719. The first-order valence-electron chi connectivity index (χ1n) is 6.94. The molecule has 2 unspecified atom stereocenters. The van der Waals surface area contributed by atoms with Crippen molar-refractivity contribution in [2.75, 3.05) is 13.2 Å². The van der Waals surface area contributed by atoms with Crippen LogP contribution in [0.1, 0.15) is 53.4 Å². The van der Waals surface area contributed by atoms with Gasteiger partial charge >= 0.3 is 5.97 Å². The van der Waals surface area contributed by atoms with E-state index in [0.29, 0.717) is 18.7 Å². The maximum Gasteiger partial charge on any atom is 0.304 e. The van der Waals surface area contributed by atoms with Crippen LogP contribution in [-0.2, 0) is 9.53 Å². The van der Waals surface area contributed by atoms with Crippen LogP contribution < -0.4 is 0 Å². The summed E-state index contributed by atoms with van der Waals surface area (Å²) in [6.45, 7) is 10.0. The lowest BCUT2D eigenvalue weighted by atomic mass is 9.94. The number of hydrogen-bond donors (Lipinski definition) is 1. The van der Waals surface area contributed by atoms with Crippen molar-refractivity contribution in [1.29, 1.82) is 0 Å². The molecule has 2 atom stereocenters. The van der Waals surface area contributed by atoms with E-state index in [1.807, 2.05) is 0 Å². The van der Waals surface area contributed by atoms with Gasteiger partial charge in [0.15, 0.2) is 0 Å². The number of nitrogens with zero attached hydrogens (tertiary/aromatic N) is 1. The van der Waals surface area contributed by atoms with Crippen LogP contribution in [0.25, 0.3) is 0 Å². The Morgan fingerprint density at radius 3 is 2.61 bits per heavy atom. The zero-order valence-corrected chi connectivity index (χ0v) is 12.1. The lowest BCUT2D eigenvalue weighted by molar-refractivity contribution is -0.138. The summed E-state index contributed by atoms with van der Waals surface area (Å²) in [6, 6.07) is 0.447. The Morgan fingerprint density at radius 2 is 2.11 bits per heavy atom. The second-order valence-electron chi connectivity index (χ2n) is 6.09. The van der Waals surface area contributed by atoms with Crippen LogP contribution in [-0.4, -0.2) is 46.8 Å². The zero-order chi connectivity index (χ0) is 13.8. The minimum atomic E-state index is -0.719. The van der Waals surface area contributed by atoms with Crippen molar-refractivity contribution >= 4 is 5.97 Å². The molecule has 1 aliphatic rings. The molecule has 1 rings (SSSR count).